The third-order valence-corrected chi connectivity index (χ3v) is 2.57. The van der Waals surface area contributed by atoms with Crippen molar-refractivity contribution in [2.45, 2.75) is 19.9 Å². The summed E-state index contributed by atoms with van der Waals surface area (Å²) in [4.78, 5) is 0. The molecule has 0 radical (unpaired) electrons. The van der Waals surface area contributed by atoms with Gasteiger partial charge in [-0.2, -0.15) is 0 Å². The Morgan fingerprint density at radius 1 is 1.29 bits per heavy atom. The quantitative estimate of drug-likeness (QED) is 0.823. The van der Waals surface area contributed by atoms with E-state index in [0.717, 1.165) is 25.3 Å². The normalized spacial score (nSPS) is 10.4. The summed E-state index contributed by atoms with van der Waals surface area (Å²) in [6, 6.07) is 7.25. The minimum atomic E-state index is 0.301. The molecule has 0 unspecified atom stereocenters. The molecule has 90 valence electrons. The highest BCUT2D eigenvalue weighted by Gasteiger charge is 2.00. The molecule has 1 heterocycles. The number of anilines is 1. The second-order valence-electron chi connectivity index (χ2n) is 3.78. The van der Waals surface area contributed by atoms with E-state index < -0.39 is 0 Å². The maximum atomic E-state index is 9.17. The largest absolute Gasteiger partial charge is 0.508 e. The Balaban J connectivity index is 1.85. The van der Waals surface area contributed by atoms with Crippen LogP contribution in [-0.2, 0) is 13.0 Å². The second-order valence-corrected chi connectivity index (χ2v) is 3.78. The molecule has 0 aliphatic rings. The first-order chi connectivity index (χ1) is 8.29. The van der Waals surface area contributed by atoms with E-state index in [-0.39, 0.29) is 0 Å². The van der Waals surface area contributed by atoms with Gasteiger partial charge in [-0.3, -0.25) is 0 Å². The van der Waals surface area contributed by atoms with Crippen LogP contribution in [0.25, 0.3) is 0 Å². The van der Waals surface area contributed by atoms with Crippen molar-refractivity contribution >= 4 is 5.82 Å². The highest BCUT2D eigenvalue weighted by atomic mass is 16.3. The molecule has 0 fully saturated rings. The number of phenolic OH excluding ortho intramolecular Hbond substituents is 1. The predicted octanol–water partition coefficient (Wildman–Crippen LogP) is 1.66. The number of benzene rings is 1. The lowest BCUT2D eigenvalue weighted by Gasteiger charge is -2.06. The summed E-state index contributed by atoms with van der Waals surface area (Å²) in [5, 5.41) is 20.2. The van der Waals surface area contributed by atoms with Gasteiger partial charge >= 0.3 is 0 Å². The molecular weight excluding hydrogens is 216 g/mol. The molecular formula is C12H16N4O. The molecule has 2 rings (SSSR count). The van der Waals surface area contributed by atoms with E-state index in [1.54, 1.807) is 18.3 Å². The fourth-order valence-corrected chi connectivity index (χ4v) is 1.63. The van der Waals surface area contributed by atoms with Gasteiger partial charge in [0.15, 0.2) is 0 Å². The van der Waals surface area contributed by atoms with Gasteiger partial charge in [0.05, 0.1) is 6.20 Å². The van der Waals surface area contributed by atoms with Crippen LogP contribution in [0.2, 0.25) is 0 Å². The first kappa shape index (κ1) is 11.4. The van der Waals surface area contributed by atoms with Gasteiger partial charge in [-0.15, -0.1) is 5.10 Å². The summed E-state index contributed by atoms with van der Waals surface area (Å²) in [6.45, 7) is 3.65. The maximum Gasteiger partial charge on any atom is 0.144 e. The molecule has 0 saturated heterocycles. The van der Waals surface area contributed by atoms with E-state index >= 15 is 0 Å². The SMILES string of the molecule is CCn1nncc1NCCc1ccc(O)cc1. The molecule has 0 aliphatic carbocycles. The molecule has 0 atom stereocenters. The van der Waals surface area contributed by atoms with Crippen LogP contribution in [0.3, 0.4) is 0 Å². The number of hydrogen-bond donors (Lipinski definition) is 2. The van der Waals surface area contributed by atoms with E-state index in [1.807, 2.05) is 23.7 Å². The van der Waals surface area contributed by atoms with E-state index in [9.17, 15) is 0 Å². The number of aryl methyl sites for hydroxylation is 1. The highest BCUT2D eigenvalue weighted by molar-refractivity contribution is 5.32. The van der Waals surface area contributed by atoms with Gasteiger partial charge in [0.1, 0.15) is 11.6 Å². The number of nitrogens with zero attached hydrogens (tertiary/aromatic N) is 3. The number of nitrogens with one attached hydrogen (secondary N) is 1. The van der Waals surface area contributed by atoms with Crippen molar-refractivity contribution in [3.63, 3.8) is 0 Å². The van der Waals surface area contributed by atoms with E-state index in [1.165, 1.54) is 5.56 Å². The molecule has 0 spiro atoms. The molecule has 5 heteroatoms. The summed E-state index contributed by atoms with van der Waals surface area (Å²) in [5.41, 5.74) is 1.19. The number of phenols is 1. The zero-order chi connectivity index (χ0) is 12.1. The zero-order valence-electron chi connectivity index (χ0n) is 9.80. The summed E-state index contributed by atoms with van der Waals surface area (Å²) in [7, 11) is 0. The van der Waals surface area contributed by atoms with Crippen molar-refractivity contribution in [1.29, 1.82) is 0 Å². The molecule has 0 saturated carbocycles. The first-order valence-electron chi connectivity index (χ1n) is 5.70. The first-order valence-corrected chi connectivity index (χ1v) is 5.70. The standard InChI is InChI=1S/C12H16N4O/c1-2-16-12(9-14-15-16)13-8-7-10-3-5-11(17)6-4-10/h3-6,9,13,17H,2,7-8H2,1H3. The fourth-order valence-electron chi connectivity index (χ4n) is 1.63. The van der Waals surface area contributed by atoms with Crippen LogP contribution in [0.15, 0.2) is 30.5 Å². The van der Waals surface area contributed by atoms with Crippen LogP contribution < -0.4 is 5.32 Å². The summed E-state index contributed by atoms with van der Waals surface area (Å²) in [5.74, 6) is 1.24. The van der Waals surface area contributed by atoms with Crippen LogP contribution in [0.4, 0.5) is 5.82 Å². The Morgan fingerprint density at radius 2 is 2.06 bits per heavy atom. The van der Waals surface area contributed by atoms with E-state index in [4.69, 9.17) is 5.11 Å². The molecule has 1 aromatic carbocycles. The summed E-state index contributed by atoms with van der Waals surface area (Å²) < 4.78 is 1.82. The predicted molar refractivity (Wildman–Crippen MR) is 66.0 cm³/mol. The van der Waals surface area contributed by atoms with Crippen LogP contribution >= 0.6 is 0 Å². The van der Waals surface area contributed by atoms with Crippen molar-refractivity contribution in [2.24, 2.45) is 0 Å². The van der Waals surface area contributed by atoms with Crippen molar-refractivity contribution in [2.75, 3.05) is 11.9 Å². The zero-order valence-corrected chi connectivity index (χ0v) is 9.80. The highest BCUT2D eigenvalue weighted by Crippen LogP contribution is 2.10. The van der Waals surface area contributed by atoms with Gasteiger partial charge < -0.3 is 10.4 Å². The minimum Gasteiger partial charge on any atom is -0.508 e. The molecule has 0 aliphatic heterocycles. The van der Waals surface area contributed by atoms with Gasteiger partial charge in [-0.25, -0.2) is 4.68 Å². The smallest absolute Gasteiger partial charge is 0.144 e. The van der Waals surface area contributed by atoms with Gasteiger partial charge in [0, 0.05) is 13.1 Å². The van der Waals surface area contributed by atoms with Crippen LogP contribution in [0.5, 0.6) is 5.75 Å². The summed E-state index contributed by atoms with van der Waals surface area (Å²) in [6.07, 6.45) is 2.62. The Hall–Kier alpha value is -2.04. The molecule has 17 heavy (non-hydrogen) atoms. The van der Waals surface area contributed by atoms with Gasteiger partial charge in [-0.1, -0.05) is 17.3 Å². The maximum absolute atomic E-state index is 9.17. The van der Waals surface area contributed by atoms with Crippen LogP contribution in [0.1, 0.15) is 12.5 Å². The molecule has 0 amide bonds. The van der Waals surface area contributed by atoms with Gasteiger partial charge in [0.25, 0.3) is 0 Å². The average molecular weight is 232 g/mol. The number of aromatic hydroxyl groups is 1. The van der Waals surface area contributed by atoms with Crippen molar-refractivity contribution < 1.29 is 5.11 Å². The lowest BCUT2D eigenvalue weighted by atomic mass is 10.1. The van der Waals surface area contributed by atoms with Gasteiger partial charge in [-0.05, 0) is 31.0 Å². The fraction of sp³-hybridized carbons (Fsp3) is 0.333. The molecule has 2 aromatic rings. The second kappa shape index (κ2) is 5.34. The Bertz CT molecular complexity index is 464. The Kier molecular flexibility index (Phi) is 3.59. The van der Waals surface area contributed by atoms with E-state index in [2.05, 4.69) is 15.6 Å². The van der Waals surface area contributed by atoms with Gasteiger partial charge in [0.2, 0.25) is 0 Å². The lowest BCUT2D eigenvalue weighted by molar-refractivity contribution is 0.475. The average Bonchev–Trinajstić information content (AvgIpc) is 2.79. The molecule has 0 bridgehead atoms. The lowest BCUT2D eigenvalue weighted by Crippen LogP contribution is -2.10. The monoisotopic (exact) mass is 232 g/mol. The third kappa shape index (κ3) is 2.96. The van der Waals surface area contributed by atoms with E-state index in [0.29, 0.717) is 5.75 Å². The van der Waals surface area contributed by atoms with Crippen molar-refractivity contribution in [3.05, 3.63) is 36.0 Å². The minimum absolute atomic E-state index is 0.301. The number of aromatic nitrogens is 3. The Labute approximate surface area is 100 Å². The van der Waals surface area contributed by atoms with Crippen molar-refractivity contribution in [1.82, 2.24) is 15.0 Å². The Morgan fingerprint density at radius 3 is 2.76 bits per heavy atom. The molecule has 1 aromatic heterocycles. The van der Waals surface area contributed by atoms with Crippen LogP contribution in [0, 0.1) is 0 Å². The van der Waals surface area contributed by atoms with Crippen molar-refractivity contribution in [3.8, 4) is 5.75 Å². The number of hydrogen-bond acceptors (Lipinski definition) is 4. The number of rotatable bonds is 5. The summed E-state index contributed by atoms with van der Waals surface area (Å²) >= 11 is 0. The molecule has 5 nitrogen and oxygen atoms in total. The molecule has 2 N–H and O–H groups in total. The third-order valence-electron chi connectivity index (χ3n) is 2.57. The van der Waals surface area contributed by atoms with Crippen LogP contribution in [-0.4, -0.2) is 26.6 Å². The topological polar surface area (TPSA) is 63.0 Å².